The molecule has 0 aromatic carbocycles. The monoisotopic (exact) mass is 356 g/mol. The second-order valence-electron chi connectivity index (χ2n) is 5.20. The van der Waals surface area contributed by atoms with Gasteiger partial charge in [-0.1, -0.05) is 0 Å². The van der Waals surface area contributed by atoms with E-state index in [0.717, 1.165) is 0 Å². The number of nitrogens with two attached hydrogens (primary N) is 2. The lowest BCUT2D eigenvalue weighted by atomic mass is 10.1. The molecule has 1 aromatic heterocycles. The molecule has 0 aliphatic rings. The van der Waals surface area contributed by atoms with E-state index in [9.17, 15) is 19.2 Å². The summed E-state index contributed by atoms with van der Waals surface area (Å²) in [6.45, 7) is -0.863. The van der Waals surface area contributed by atoms with Crippen LogP contribution in [0.15, 0.2) is 12.5 Å². The number of amides is 3. The lowest BCUT2D eigenvalue weighted by Crippen LogP contribution is -2.56. The molecule has 0 bridgehead atoms. The third-order valence-electron chi connectivity index (χ3n) is 3.17. The van der Waals surface area contributed by atoms with Crippen LogP contribution in [0.5, 0.6) is 0 Å². The van der Waals surface area contributed by atoms with Crippen LogP contribution >= 0.6 is 0 Å². The van der Waals surface area contributed by atoms with Gasteiger partial charge in [-0.15, -0.1) is 0 Å². The molecular formula is C13H20N6O6. The Kier molecular flexibility index (Phi) is 7.49. The molecule has 1 heterocycles. The van der Waals surface area contributed by atoms with E-state index in [2.05, 4.69) is 15.3 Å². The number of imidazole rings is 1. The molecular weight excluding hydrogens is 336 g/mol. The Morgan fingerprint density at radius 1 is 1.20 bits per heavy atom. The standard InChI is InChI=1S/C13H20N6O6/c14-7(1-6-3-16-5-17-6)11(22)18-8(2-10(15)21)12(23)19-9(4-20)13(24)25/h3,5,7-9,20H,1-2,4,14H2,(H2,15,21)(H,16,17)(H,18,22)(H,19,23)(H,24,25)/t7-,8-,9-/m0/s1. The molecule has 0 fully saturated rings. The van der Waals surface area contributed by atoms with Crippen molar-refractivity contribution in [3.63, 3.8) is 0 Å². The van der Waals surface area contributed by atoms with Crippen molar-refractivity contribution in [2.45, 2.75) is 31.0 Å². The first-order valence-electron chi connectivity index (χ1n) is 7.20. The summed E-state index contributed by atoms with van der Waals surface area (Å²) in [7, 11) is 0. The van der Waals surface area contributed by atoms with Crippen LogP contribution in [0.3, 0.4) is 0 Å². The highest BCUT2D eigenvalue weighted by molar-refractivity contribution is 5.94. The maximum atomic E-state index is 12.1. The number of carboxylic acids is 1. The number of H-pyrrole nitrogens is 1. The lowest BCUT2D eigenvalue weighted by molar-refractivity contribution is -0.143. The van der Waals surface area contributed by atoms with E-state index in [4.69, 9.17) is 21.7 Å². The number of aliphatic hydroxyl groups excluding tert-OH is 1. The summed E-state index contributed by atoms with van der Waals surface area (Å²) in [6, 6.07) is -4.05. The van der Waals surface area contributed by atoms with Gasteiger partial charge in [-0.05, 0) is 0 Å². The van der Waals surface area contributed by atoms with E-state index >= 15 is 0 Å². The SMILES string of the molecule is NC(=O)C[C@H](NC(=O)[C@@H](N)Cc1cnc[nH]1)C(=O)N[C@@H](CO)C(=O)O. The van der Waals surface area contributed by atoms with Gasteiger partial charge >= 0.3 is 5.97 Å². The molecule has 0 aliphatic carbocycles. The molecule has 0 saturated carbocycles. The second-order valence-corrected chi connectivity index (χ2v) is 5.20. The van der Waals surface area contributed by atoms with Gasteiger partial charge in [0.2, 0.25) is 17.7 Å². The molecule has 9 N–H and O–H groups in total. The average molecular weight is 356 g/mol. The molecule has 0 aliphatic heterocycles. The molecule has 0 spiro atoms. The average Bonchev–Trinajstić information content (AvgIpc) is 3.03. The second kappa shape index (κ2) is 9.34. The Bertz CT molecular complexity index is 619. The number of aromatic nitrogens is 2. The number of aliphatic hydroxyl groups is 1. The highest BCUT2D eigenvalue weighted by atomic mass is 16.4. The van der Waals surface area contributed by atoms with Crippen molar-refractivity contribution >= 4 is 23.7 Å². The third-order valence-corrected chi connectivity index (χ3v) is 3.17. The van der Waals surface area contributed by atoms with Gasteiger partial charge in [0.05, 0.1) is 25.4 Å². The Morgan fingerprint density at radius 2 is 1.84 bits per heavy atom. The minimum Gasteiger partial charge on any atom is -0.480 e. The van der Waals surface area contributed by atoms with Gasteiger partial charge in [-0.25, -0.2) is 9.78 Å². The largest absolute Gasteiger partial charge is 0.480 e. The minimum absolute atomic E-state index is 0.102. The van der Waals surface area contributed by atoms with Gasteiger partial charge in [-0.2, -0.15) is 0 Å². The third kappa shape index (κ3) is 6.56. The molecule has 1 aromatic rings. The van der Waals surface area contributed by atoms with Crippen LogP contribution in [0, 0.1) is 0 Å². The summed E-state index contributed by atoms with van der Waals surface area (Å²) >= 11 is 0. The number of primary amides is 1. The maximum absolute atomic E-state index is 12.1. The zero-order chi connectivity index (χ0) is 19.0. The molecule has 12 heteroatoms. The van der Waals surface area contributed by atoms with Gasteiger partial charge in [0.1, 0.15) is 12.1 Å². The molecule has 0 radical (unpaired) electrons. The Hall–Kier alpha value is -2.99. The van der Waals surface area contributed by atoms with E-state index in [1.165, 1.54) is 12.5 Å². The number of hydrogen-bond acceptors (Lipinski definition) is 7. The van der Waals surface area contributed by atoms with Crippen molar-refractivity contribution < 1.29 is 29.4 Å². The fourth-order valence-corrected chi connectivity index (χ4v) is 1.87. The highest BCUT2D eigenvalue weighted by Crippen LogP contribution is 1.99. The van der Waals surface area contributed by atoms with Crippen LogP contribution in [-0.4, -0.2) is 68.6 Å². The number of aliphatic carboxylic acids is 1. The molecule has 12 nitrogen and oxygen atoms in total. The number of rotatable bonds is 10. The van der Waals surface area contributed by atoms with Gasteiger partial charge in [0.25, 0.3) is 0 Å². The molecule has 3 amide bonds. The smallest absolute Gasteiger partial charge is 0.328 e. The summed E-state index contributed by atoms with van der Waals surface area (Å²) in [6.07, 6.45) is 2.42. The van der Waals surface area contributed by atoms with Crippen molar-refractivity contribution in [2.24, 2.45) is 11.5 Å². The van der Waals surface area contributed by atoms with Crippen molar-refractivity contribution in [1.29, 1.82) is 0 Å². The fraction of sp³-hybridized carbons (Fsp3) is 0.462. The van der Waals surface area contributed by atoms with Crippen LogP contribution in [0.2, 0.25) is 0 Å². The number of carbonyl (C=O) groups excluding carboxylic acids is 3. The molecule has 138 valence electrons. The Morgan fingerprint density at radius 3 is 2.32 bits per heavy atom. The quantitative estimate of drug-likeness (QED) is 0.220. The van der Waals surface area contributed by atoms with Crippen LogP contribution in [0.1, 0.15) is 12.1 Å². The number of nitrogens with zero attached hydrogens (tertiary/aromatic N) is 1. The molecule has 1 rings (SSSR count). The Balaban J connectivity index is 2.73. The lowest BCUT2D eigenvalue weighted by Gasteiger charge is -2.21. The van der Waals surface area contributed by atoms with Gasteiger partial charge in [0, 0.05) is 18.3 Å². The van der Waals surface area contributed by atoms with E-state index < -0.39 is 54.8 Å². The minimum atomic E-state index is -1.58. The van der Waals surface area contributed by atoms with Gasteiger partial charge in [0.15, 0.2) is 0 Å². The zero-order valence-corrected chi connectivity index (χ0v) is 13.1. The van der Waals surface area contributed by atoms with Crippen LogP contribution in [0.4, 0.5) is 0 Å². The van der Waals surface area contributed by atoms with Crippen molar-refractivity contribution in [3.8, 4) is 0 Å². The first-order chi connectivity index (χ1) is 11.7. The number of carbonyl (C=O) groups is 4. The first kappa shape index (κ1) is 20.1. The number of aromatic amines is 1. The molecule has 0 saturated heterocycles. The summed E-state index contributed by atoms with van der Waals surface area (Å²) < 4.78 is 0. The van der Waals surface area contributed by atoms with Gasteiger partial charge < -0.3 is 37.3 Å². The number of hydrogen-bond donors (Lipinski definition) is 7. The van der Waals surface area contributed by atoms with Crippen molar-refractivity contribution in [3.05, 3.63) is 18.2 Å². The summed E-state index contributed by atoms with van der Waals surface area (Å²) in [5.74, 6) is -4.09. The highest BCUT2D eigenvalue weighted by Gasteiger charge is 2.28. The van der Waals surface area contributed by atoms with Crippen LogP contribution in [0.25, 0.3) is 0 Å². The van der Waals surface area contributed by atoms with E-state index in [-0.39, 0.29) is 6.42 Å². The zero-order valence-electron chi connectivity index (χ0n) is 13.1. The summed E-state index contributed by atoms with van der Waals surface area (Å²) in [5.41, 5.74) is 11.3. The predicted octanol–water partition coefficient (Wildman–Crippen LogP) is -3.80. The number of nitrogens with one attached hydrogen (secondary N) is 3. The predicted molar refractivity (Wildman–Crippen MR) is 82.7 cm³/mol. The Labute approximate surface area is 142 Å². The van der Waals surface area contributed by atoms with Gasteiger partial charge in [-0.3, -0.25) is 14.4 Å². The topological polar surface area (TPSA) is 214 Å². The normalized spacial score (nSPS) is 14.2. The molecule has 3 atom stereocenters. The van der Waals surface area contributed by atoms with E-state index in [0.29, 0.717) is 5.69 Å². The maximum Gasteiger partial charge on any atom is 0.328 e. The van der Waals surface area contributed by atoms with Crippen LogP contribution in [-0.2, 0) is 25.6 Å². The molecule has 25 heavy (non-hydrogen) atoms. The first-order valence-corrected chi connectivity index (χ1v) is 7.20. The number of carboxylic acid groups (broad SMARTS) is 1. The van der Waals surface area contributed by atoms with Crippen molar-refractivity contribution in [2.75, 3.05) is 6.61 Å². The fourth-order valence-electron chi connectivity index (χ4n) is 1.87. The summed E-state index contributed by atoms with van der Waals surface area (Å²) in [4.78, 5) is 52.6. The van der Waals surface area contributed by atoms with E-state index in [1.807, 2.05) is 5.32 Å². The molecule has 0 unspecified atom stereocenters. The summed E-state index contributed by atoms with van der Waals surface area (Å²) in [5, 5.41) is 22.0. The van der Waals surface area contributed by atoms with Crippen molar-refractivity contribution in [1.82, 2.24) is 20.6 Å². The van der Waals surface area contributed by atoms with E-state index in [1.54, 1.807) is 0 Å². The van der Waals surface area contributed by atoms with Crippen LogP contribution < -0.4 is 22.1 Å².